The molecule has 2 aromatic rings. The van der Waals surface area contributed by atoms with Gasteiger partial charge in [-0.25, -0.2) is 0 Å². The van der Waals surface area contributed by atoms with E-state index < -0.39 is 0 Å². The van der Waals surface area contributed by atoms with E-state index in [0.717, 1.165) is 10.0 Å². The fourth-order valence-corrected chi connectivity index (χ4v) is 3.25. The summed E-state index contributed by atoms with van der Waals surface area (Å²) >= 11 is 9.38. The number of carbonyl (C=O) groups is 2. The molecule has 5 nitrogen and oxygen atoms in total. The maximum atomic E-state index is 12.2. The minimum atomic E-state index is -0.186. The van der Waals surface area contributed by atoms with Gasteiger partial charge in [-0.3, -0.25) is 9.59 Å². The van der Waals surface area contributed by atoms with Crippen molar-refractivity contribution in [3.8, 4) is 5.75 Å². The molecule has 0 saturated heterocycles. The molecule has 1 N–H and O–H groups in total. The molecule has 130 valence electrons. The molecule has 2 amide bonds. The van der Waals surface area contributed by atoms with E-state index in [1.165, 1.54) is 0 Å². The molecule has 0 saturated carbocycles. The SMILES string of the molecule is O=C(NCCN1Cc2cc(Cl)ccc2OCC1=O)c1ccccc1Br. The highest BCUT2D eigenvalue weighted by molar-refractivity contribution is 9.10. The lowest BCUT2D eigenvalue weighted by Crippen LogP contribution is -2.39. The number of halogens is 2. The minimum absolute atomic E-state index is 0.0210. The van der Waals surface area contributed by atoms with Crippen LogP contribution in [0.2, 0.25) is 5.02 Å². The zero-order valence-electron chi connectivity index (χ0n) is 13.3. The van der Waals surface area contributed by atoms with Crippen LogP contribution in [0.5, 0.6) is 5.75 Å². The third-order valence-corrected chi connectivity index (χ3v) is 4.80. The third-order valence-electron chi connectivity index (χ3n) is 3.87. The van der Waals surface area contributed by atoms with E-state index in [1.54, 1.807) is 35.2 Å². The summed E-state index contributed by atoms with van der Waals surface area (Å²) in [7, 11) is 0. The van der Waals surface area contributed by atoms with Crippen molar-refractivity contribution >= 4 is 39.3 Å². The Morgan fingerprint density at radius 2 is 2.08 bits per heavy atom. The number of benzene rings is 2. The fraction of sp³-hybridized carbons (Fsp3) is 0.222. The molecule has 0 atom stereocenters. The first-order valence-corrected chi connectivity index (χ1v) is 8.93. The molecule has 0 fully saturated rings. The van der Waals surface area contributed by atoms with Gasteiger partial charge < -0.3 is 15.0 Å². The minimum Gasteiger partial charge on any atom is -0.483 e. The predicted octanol–water partition coefficient (Wildman–Crippen LogP) is 3.25. The maximum Gasteiger partial charge on any atom is 0.260 e. The highest BCUT2D eigenvalue weighted by Crippen LogP contribution is 2.26. The summed E-state index contributed by atoms with van der Waals surface area (Å²) < 4.78 is 6.25. The molecule has 0 spiro atoms. The number of rotatable bonds is 4. The normalized spacial score (nSPS) is 13.7. The number of ether oxygens (including phenoxy) is 1. The number of nitrogens with one attached hydrogen (secondary N) is 1. The highest BCUT2D eigenvalue weighted by Gasteiger charge is 2.21. The van der Waals surface area contributed by atoms with Crippen LogP contribution in [-0.4, -0.2) is 36.4 Å². The first-order chi connectivity index (χ1) is 12.0. The van der Waals surface area contributed by atoms with Crippen LogP contribution in [0.15, 0.2) is 46.9 Å². The number of carbonyl (C=O) groups excluding carboxylic acids is 2. The van der Waals surface area contributed by atoms with E-state index in [0.29, 0.717) is 36.0 Å². The monoisotopic (exact) mass is 422 g/mol. The second-order valence-electron chi connectivity index (χ2n) is 5.59. The largest absolute Gasteiger partial charge is 0.483 e. The van der Waals surface area contributed by atoms with E-state index in [2.05, 4.69) is 21.2 Å². The van der Waals surface area contributed by atoms with Crippen molar-refractivity contribution in [2.75, 3.05) is 19.7 Å². The Hall–Kier alpha value is -2.05. The van der Waals surface area contributed by atoms with Crippen LogP contribution in [0.1, 0.15) is 15.9 Å². The third kappa shape index (κ3) is 4.32. The van der Waals surface area contributed by atoms with Crippen molar-refractivity contribution in [2.24, 2.45) is 0 Å². The molecule has 3 rings (SSSR count). The molecule has 1 aliphatic rings. The van der Waals surface area contributed by atoms with Crippen LogP contribution in [0.3, 0.4) is 0 Å². The lowest BCUT2D eigenvalue weighted by atomic mass is 10.2. The Labute approximate surface area is 159 Å². The van der Waals surface area contributed by atoms with Gasteiger partial charge in [0.25, 0.3) is 11.8 Å². The van der Waals surface area contributed by atoms with Gasteiger partial charge in [-0.2, -0.15) is 0 Å². The first kappa shape index (κ1) is 17.8. The summed E-state index contributed by atoms with van der Waals surface area (Å²) in [5.41, 5.74) is 1.42. The van der Waals surface area contributed by atoms with Gasteiger partial charge >= 0.3 is 0 Å². The number of fused-ring (bicyclic) bond motifs is 1. The Kier molecular flexibility index (Phi) is 5.60. The quantitative estimate of drug-likeness (QED) is 0.821. The van der Waals surface area contributed by atoms with Crippen molar-refractivity contribution in [3.05, 3.63) is 63.1 Å². The van der Waals surface area contributed by atoms with Gasteiger partial charge in [0.15, 0.2) is 6.61 Å². The molecule has 2 aromatic carbocycles. The molecule has 0 aromatic heterocycles. The van der Waals surface area contributed by atoms with Gasteiger partial charge in [0.2, 0.25) is 0 Å². The topological polar surface area (TPSA) is 58.6 Å². The molecule has 0 radical (unpaired) electrons. The van der Waals surface area contributed by atoms with Crippen molar-refractivity contribution in [1.29, 1.82) is 0 Å². The fourth-order valence-electron chi connectivity index (χ4n) is 2.59. The molecule has 25 heavy (non-hydrogen) atoms. The van der Waals surface area contributed by atoms with Crippen LogP contribution in [0, 0.1) is 0 Å². The van der Waals surface area contributed by atoms with Crippen molar-refractivity contribution in [3.63, 3.8) is 0 Å². The number of amides is 2. The van der Waals surface area contributed by atoms with Gasteiger partial charge in [-0.05, 0) is 46.3 Å². The van der Waals surface area contributed by atoms with Gasteiger partial charge in [-0.1, -0.05) is 23.7 Å². The van der Waals surface area contributed by atoms with E-state index in [1.807, 2.05) is 12.1 Å². The Morgan fingerprint density at radius 1 is 1.28 bits per heavy atom. The van der Waals surface area contributed by atoms with Crippen molar-refractivity contribution in [2.45, 2.75) is 6.54 Å². The predicted molar refractivity (Wildman–Crippen MR) is 98.8 cm³/mol. The summed E-state index contributed by atoms with van der Waals surface area (Å²) in [6.45, 7) is 1.12. The highest BCUT2D eigenvalue weighted by atomic mass is 79.9. The first-order valence-electron chi connectivity index (χ1n) is 7.76. The summed E-state index contributed by atoms with van der Waals surface area (Å²) in [6.07, 6.45) is 0. The van der Waals surface area contributed by atoms with Gasteiger partial charge in [0.1, 0.15) is 5.75 Å². The zero-order valence-corrected chi connectivity index (χ0v) is 15.6. The van der Waals surface area contributed by atoms with Gasteiger partial charge in [0, 0.05) is 34.7 Å². The van der Waals surface area contributed by atoms with E-state index in [9.17, 15) is 9.59 Å². The van der Waals surface area contributed by atoms with Crippen LogP contribution in [0.4, 0.5) is 0 Å². The lowest BCUT2D eigenvalue weighted by molar-refractivity contribution is -0.133. The summed E-state index contributed by atoms with van der Waals surface area (Å²) in [4.78, 5) is 26.1. The number of hydrogen-bond acceptors (Lipinski definition) is 3. The second kappa shape index (κ2) is 7.89. The van der Waals surface area contributed by atoms with Gasteiger partial charge in [0.05, 0.1) is 5.56 Å². The van der Waals surface area contributed by atoms with E-state index >= 15 is 0 Å². The van der Waals surface area contributed by atoms with E-state index in [-0.39, 0.29) is 18.4 Å². The van der Waals surface area contributed by atoms with Crippen molar-refractivity contribution < 1.29 is 14.3 Å². The Balaban J connectivity index is 1.61. The average Bonchev–Trinajstić information content (AvgIpc) is 2.74. The van der Waals surface area contributed by atoms with Crippen LogP contribution in [0.25, 0.3) is 0 Å². The van der Waals surface area contributed by atoms with Gasteiger partial charge in [-0.15, -0.1) is 0 Å². The maximum absolute atomic E-state index is 12.2. The number of nitrogens with zero attached hydrogens (tertiary/aromatic N) is 1. The molecule has 1 aliphatic heterocycles. The van der Waals surface area contributed by atoms with E-state index in [4.69, 9.17) is 16.3 Å². The summed E-state index contributed by atoms with van der Waals surface area (Å²) in [5.74, 6) is 0.356. The van der Waals surface area contributed by atoms with Crippen LogP contribution < -0.4 is 10.1 Å². The summed E-state index contributed by atoms with van der Waals surface area (Å²) in [5, 5.41) is 3.43. The average molecular weight is 424 g/mol. The molecular weight excluding hydrogens is 408 g/mol. The van der Waals surface area contributed by atoms with Crippen LogP contribution >= 0.6 is 27.5 Å². The smallest absolute Gasteiger partial charge is 0.260 e. The molecule has 1 heterocycles. The zero-order chi connectivity index (χ0) is 17.8. The Bertz CT molecular complexity index is 813. The standard InChI is InChI=1S/C18H16BrClN2O3/c19-15-4-2-1-3-14(15)18(24)21-7-8-22-10-12-9-13(20)5-6-16(12)25-11-17(22)23/h1-6,9H,7-8,10-11H2,(H,21,24). The van der Waals surface area contributed by atoms with Crippen molar-refractivity contribution in [1.82, 2.24) is 10.2 Å². The molecule has 0 aliphatic carbocycles. The second-order valence-corrected chi connectivity index (χ2v) is 6.88. The number of hydrogen-bond donors (Lipinski definition) is 1. The molecule has 0 bridgehead atoms. The van der Waals surface area contributed by atoms with Crippen LogP contribution in [-0.2, 0) is 11.3 Å². The molecular formula is C18H16BrClN2O3. The molecule has 7 heteroatoms. The molecule has 0 unspecified atom stereocenters. The Morgan fingerprint density at radius 3 is 2.88 bits per heavy atom. The summed E-state index contributed by atoms with van der Waals surface area (Å²) in [6, 6.07) is 12.5. The lowest BCUT2D eigenvalue weighted by Gasteiger charge is -2.20.